The molecule has 188 valence electrons. The molecule has 0 saturated carbocycles. The minimum Gasteiger partial charge on any atom is -0.481 e. The van der Waals surface area contributed by atoms with Crippen LogP contribution in [0.4, 0.5) is 0 Å². The van der Waals surface area contributed by atoms with Crippen molar-refractivity contribution in [2.75, 3.05) is 25.1 Å². The number of nitrogens with one attached hydrogen (secondary N) is 3. The SMILES string of the molecule is CSCCC(NC(=O)C(CCC(=O)O)NC(=O)CN)C(=O)NC(CCCN=C(N)N)C(=O)O. The molecular formula is C18H33N7O7S. The molecule has 0 rings (SSSR count). The van der Waals surface area contributed by atoms with Crippen LogP contribution in [0.5, 0.6) is 0 Å². The predicted molar refractivity (Wildman–Crippen MR) is 122 cm³/mol. The van der Waals surface area contributed by atoms with E-state index in [0.717, 1.165) is 0 Å². The van der Waals surface area contributed by atoms with Crippen molar-refractivity contribution < 1.29 is 34.2 Å². The zero-order valence-corrected chi connectivity index (χ0v) is 19.2. The standard InChI is InChI=1S/C18H33N7O7S/c1-33-8-6-11(16(30)25-12(17(31)32)3-2-7-22-18(20)21)24-15(29)10(4-5-14(27)28)23-13(26)9-19/h10-12H,2-9,19H2,1H3,(H,23,26)(H,24,29)(H,25,30)(H,27,28)(H,31,32)(H4,20,21,22). The summed E-state index contributed by atoms with van der Waals surface area (Å²) in [7, 11) is 0. The average Bonchev–Trinajstić information content (AvgIpc) is 2.74. The number of carbonyl (C=O) groups is 5. The van der Waals surface area contributed by atoms with Crippen LogP contribution in [0.2, 0.25) is 0 Å². The normalized spacial score (nSPS) is 13.2. The molecular weight excluding hydrogens is 458 g/mol. The highest BCUT2D eigenvalue weighted by molar-refractivity contribution is 7.98. The highest BCUT2D eigenvalue weighted by atomic mass is 32.2. The Morgan fingerprint density at radius 2 is 1.48 bits per heavy atom. The van der Waals surface area contributed by atoms with Gasteiger partial charge in [0.1, 0.15) is 18.1 Å². The number of carbonyl (C=O) groups excluding carboxylic acids is 3. The molecule has 0 bridgehead atoms. The van der Waals surface area contributed by atoms with Crippen LogP contribution in [0.1, 0.15) is 32.1 Å². The number of carboxylic acid groups (broad SMARTS) is 2. The van der Waals surface area contributed by atoms with Gasteiger partial charge in [-0.15, -0.1) is 0 Å². The van der Waals surface area contributed by atoms with Crippen LogP contribution in [0.15, 0.2) is 4.99 Å². The van der Waals surface area contributed by atoms with Crippen molar-refractivity contribution in [3.63, 3.8) is 0 Å². The zero-order valence-electron chi connectivity index (χ0n) is 18.4. The van der Waals surface area contributed by atoms with Crippen LogP contribution in [-0.2, 0) is 24.0 Å². The number of thioether (sulfide) groups is 1. The summed E-state index contributed by atoms with van der Waals surface area (Å²) in [4.78, 5) is 63.2. The summed E-state index contributed by atoms with van der Waals surface area (Å²) in [5.41, 5.74) is 15.7. The minimum atomic E-state index is -1.27. The van der Waals surface area contributed by atoms with E-state index in [9.17, 15) is 29.1 Å². The molecule has 0 aromatic rings. The fourth-order valence-corrected chi connectivity index (χ4v) is 3.07. The lowest BCUT2D eigenvalue weighted by Crippen LogP contribution is -2.56. The smallest absolute Gasteiger partial charge is 0.326 e. The van der Waals surface area contributed by atoms with Crippen molar-refractivity contribution >= 4 is 47.4 Å². The first-order chi connectivity index (χ1) is 15.5. The van der Waals surface area contributed by atoms with Crippen molar-refractivity contribution in [2.45, 2.75) is 50.2 Å². The molecule has 0 radical (unpaired) electrons. The monoisotopic (exact) mass is 491 g/mol. The number of guanidine groups is 1. The first-order valence-corrected chi connectivity index (χ1v) is 11.5. The summed E-state index contributed by atoms with van der Waals surface area (Å²) in [6.45, 7) is -0.228. The summed E-state index contributed by atoms with van der Waals surface area (Å²) in [5, 5.41) is 25.5. The van der Waals surface area contributed by atoms with Crippen LogP contribution in [-0.4, -0.2) is 89.1 Å². The fraction of sp³-hybridized carbons (Fsp3) is 0.667. The maximum atomic E-state index is 12.7. The van der Waals surface area contributed by atoms with E-state index >= 15 is 0 Å². The van der Waals surface area contributed by atoms with Gasteiger partial charge in [-0.1, -0.05) is 0 Å². The number of carboxylic acids is 2. The Morgan fingerprint density at radius 3 is 1.97 bits per heavy atom. The molecule has 0 fully saturated rings. The number of amides is 3. The third-order valence-electron chi connectivity index (χ3n) is 4.29. The van der Waals surface area contributed by atoms with Gasteiger partial charge < -0.3 is 43.4 Å². The number of nitrogens with two attached hydrogens (primary N) is 3. The van der Waals surface area contributed by atoms with Crippen molar-refractivity contribution in [1.29, 1.82) is 0 Å². The summed E-state index contributed by atoms with van der Waals surface area (Å²) in [6, 6.07) is -3.57. The van der Waals surface area contributed by atoms with Gasteiger partial charge in [-0.25, -0.2) is 4.79 Å². The van der Waals surface area contributed by atoms with Crippen LogP contribution >= 0.6 is 11.8 Å². The number of hydrogen-bond acceptors (Lipinski definition) is 8. The number of rotatable bonds is 17. The van der Waals surface area contributed by atoms with E-state index in [4.69, 9.17) is 22.3 Å². The molecule has 15 heteroatoms. The third-order valence-corrected chi connectivity index (χ3v) is 4.93. The Morgan fingerprint density at radius 1 is 0.909 bits per heavy atom. The molecule has 0 heterocycles. The number of aliphatic imine (C=N–C) groups is 1. The summed E-state index contributed by atoms with van der Waals surface area (Å²) in [5.74, 6) is -4.28. The second-order valence-electron chi connectivity index (χ2n) is 6.95. The molecule has 33 heavy (non-hydrogen) atoms. The van der Waals surface area contributed by atoms with Gasteiger partial charge in [-0.05, 0) is 37.7 Å². The summed E-state index contributed by atoms with van der Waals surface area (Å²) >= 11 is 1.41. The van der Waals surface area contributed by atoms with Gasteiger partial charge in [-0.2, -0.15) is 11.8 Å². The lowest BCUT2D eigenvalue weighted by molar-refractivity contribution is -0.142. The number of aliphatic carboxylic acids is 2. The van der Waals surface area contributed by atoms with Crippen molar-refractivity contribution in [3.8, 4) is 0 Å². The lowest BCUT2D eigenvalue weighted by Gasteiger charge is -2.24. The van der Waals surface area contributed by atoms with E-state index in [0.29, 0.717) is 12.2 Å². The Kier molecular flexibility index (Phi) is 15.0. The molecule has 0 aliphatic carbocycles. The molecule has 0 aromatic heterocycles. The van der Waals surface area contributed by atoms with Gasteiger partial charge in [0.05, 0.1) is 6.54 Å². The highest BCUT2D eigenvalue weighted by Gasteiger charge is 2.29. The van der Waals surface area contributed by atoms with E-state index < -0.39 is 60.8 Å². The molecule has 0 saturated heterocycles. The Balaban J connectivity index is 5.30. The van der Waals surface area contributed by atoms with E-state index in [-0.39, 0.29) is 31.8 Å². The average molecular weight is 492 g/mol. The fourth-order valence-electron chi connectivity index (χ4n) is 2.60. The molecule has 11 N–H and O–H groups in total. The Bertz CT molecular complexity index is 716. The summed E-state index contributed by atoms with van der Waals surface area (Å²) < 4.78 is 0. The van der Waals surface area contributed by atoms with E-state index in [1.54, 1.807) is 6.26 Å². The lowest BCUT2D eigenvalue weighted by atomic mass is 10.1. The van der Waals surface area contributed by atoms with Crippen LogP contribution in [0.3, 0.4) is 0 Å². The number of hydrogen-bond donors (Lipinski definition) is 8. The van der Waals surface area contributed by atoms with Gasteiger partial charge in [0.2, 0.25) is 17.7 Å². The molecule has 0 aliphatic heterocycles. The minimum absolute atomic E-state index is 0.0504. The first kappa shape index (κ1) is 29.9. The third kappa shape index (κ3) is 13.8. The number of nitrogens with zero attached hydrogens (tertiary/aromatic N) is 1. The van der Waals surface area contributed by atoms with Gasteiger partial charge in [0.15, 0.2) is 5.96 Å². The molecule has 3 amide bonds. The predicted octanol–water partition coefficient (Wildman–Crippen LogP) is -2.84. The van der Waals surface area contributed by atoms with Gasteiger partial charge >= 0.3 is 11.9 Å². The van der Waals surface area contributed by atoms with E-state index in [1.165, 1.54) is 11.8 Å². The molecule has 3 atom stereocenters. The second-order valence-corrected chi connectivity index (χ2v) is 7.93. The van der Waals surface area contributed by atoms with E-state index in [1.807, 2.05) is 0 Å². The van der Waals surface area contributed by atoms with Gasteiger partial charge in [0.25, 0.3) is 0 Å². The largest absolute Gasteiger partial charge is 0.481 e. The first-order valence-electron chi connectivity index (χ1n) is 10.1. The Hall–Kier alpha value is -3.07. The van der Waals surface area contributed by atoms with Crippen LogP contribution < -0.4 is 33.2 Å². The maximum absolute atomic E-state index is 12.7. The summed E-state index contributed by atoms with van der Waals surface area (Å²) in [6.07, 6.45) is 1.69. The van der Waals surface area contributed by atoms with Crippen LogP contribution in [0, 0.1) is 0 Å². The van der Waals surface area contributed by atoms with Gasteiger partial charge in [-0.3, -0.25) is 24.2 Å². The van der Waals surface area contributed by atoms with Crippen molar-refractivity contribution in [1.82, 2.24) is 16.0 Å². The molecule has 14 nitrogen and oxygen atoms in total. The molecule has 3 unspecified atom stereocenters. The quantitative estimate of drug-likeness (QED) is 0.0584. The highest BCUT2D eigenvalue weighted by Crippen LogP contribution is 2.06. The van der Waals surface area contributed by atoms with E-state index in [2.05, 4.69) is 20.9 Å². The van der Waals surface area contributed by atoms with Crippen LogP contribution in [0.25, 0.3) is 0 Å². The Labute approximate surface area is 195 Å². The van der Waals surface area contributed by atoms with Gasteiger partial charge in [0, 0.05) is 13.0 Å². The second kappa shape index (κ2) is 16.5. The molecule has 0 aromatic carbocycles. The molecule has 0 aliphatic rings. The topological polar surface area (TPSA) is 252 Å². The van der Waals surface area contributed by atoms with Crippen molar-refractivity contribution in [3.05, 3.63) is 0 Å². The molecule has 0 spiro atoms. The van der Waals surface area contributed by atoms with Crippen molar-refractivity contribution in [2.24, 2.45) is 22.2 Å². The maximum Gasteiger partial charge on any atom is 0.326 e. The zero-order chi connectivity index (χ0) is 25.4.